The highest BCUT2D eigenvalue weighted by Crippen LogP contribution is 2.39. The third-order valence-corrected chi connectivity index (χ3v) is 3.90. The summed E-state index contributed by atoms with van der Waals surface area (Å²) < 4.78 is 7.49. The molecule has 0 aliphatic carbocycles. The standard InChI is InChI=1S/C17H14N2O2/c1-11(20)16-10-14(15-6-3-8-18-19(15)16)13-5-2-4-12-7-9-21-17(12)13/h2-6,8,10H,7,9H2,1H3. The molecule has 21 heavy (non-hydrogen) atoms. The summed E-state index contributed by atoms with van der Waals surface area (Å²) in [6.07, 6.45) is 2.63. The number of ketones is 1. The van der Waals surface area contributed by atoms with Gasteiger partial charge in [-0.05, 0) is 23.8 Å². The number of carbonyl (C=O) groups is 1. The molecule has 104 valence electrons. The van der Waals surface area contributed by atoms with E-state index in [0.717, 1.165) is 35.4 Å². The molecule has 4 rings (SSSR count). The van der Waals surface area contributed by atoms with Gasteiger partial charge in [0, 0.05) is 30.7 Å². The number of nitrogens with zero attached hydrogens (tertiary/aromatic N) is 2. The molecule has 3 heterocycles. The Labute approximate surface area is 122 Å². The summed E-state index contributed by atoms with van der Waals surface area (Å²) in [4.78, 5) is 11.8. The van der Waals surface area contributed by atoms with Crippen molar-refractivity contribution in [1.82, 2.24) is 9.61 Å². The predicted molar refractivity (Wildman–Crippen MR) is 79.8 cm³/mol. The van der Waals surface area contributed by atoms with E-state index < -0.39 is 0 Å². The van der Waals surface area contributed by atoms with E-state index in [-0.39, 0.29) is 5.78 Å². The number of ether oxygens (including phenoxy) is 1. The van der Waals surface area contributed by atoms with Crippen LogP contribution in [-0.4, -0.2) is 22.0 Å². The molecule has 1 aliphatic heterocycles. The average Bonchev–Trinajstić information content (AvgIpc) is 3.11. The molecule has 0 bridgehead atoms. The third kappa shape index (κ3) is 1.76. The van der Waals surface area contributed by atoms with Gasteiger partial charge >= 0.3 is 0 Å². The van der Waals surface area contributed by atoms with Gasteiger partial charge in [-0.2, -0.15) is 5.10 Å². The summed E-state index contributed by atoms with van der Waals surface area (Å²) in [5, 5.41) is 4.30. The molecule has 0 radical (unpaired) electrons. The van der Waals surface area contributed by atoms with Crippen LogP contribution in [0.3, 0.4) is 0 Å². The molecule has 0 fully saturated rings. The maximum absolute atomic E-state index is 11.8. The Kier molecular flexibility index (Phi) is 2.57. The zero-order valence-corrected chi connectivity index (χ0v) is 11.7. The minimum absolute atomic E-state index is 0.00319. The fourth-order valence-electron chi connectivity index (χ4n) is 2.93. The Bertz CT molecular complexity index is 864. The van der Waals surface area contributed by atoms with E-state index in [9.17, 15) is 4.79 Å². The average molecular weight is 278 g/mol. The lowest BCUT2D eigenvalue weighted by Gasteiger charge is -2.06. The molecule has 0 saturated carbocycles. The summed E-state index contributed by atoms with van der Waals surface area (Å²) in [5.74, 6) is 0.937. The van der Waals surface area contributed by atoms with Crippen LogP contribution in [0.5, 0.6) is 5.75 Å². The zero-order chi connectivity index (χ0) is 14.4. The number of carbonyl (C=O) groups excluding carboxylic acids is 1. The van der Waals surface area contributed by atoms with E-state index in [4.69, 9.17) is 4.74 Å². The molecule has 0 unspecified atom stereocenters. The topological polar surface area (TPSA) is 43.6 Å². The van der Waals surface area contributed by atoms with Crippen LogP contribution in [0.2, 0.25) is 0 Å². The number of fused-ring (bicyclic) bond motifs is 2. The van der Waals surface area contributed by atoms with Gasteiger partial charge in [0.25, 0.3) is 0 Å². The molecule has 0 saturated heterocycles. The van der Waals surface area contributed by atoms with Gasteiger partial charge in [0.2, 0.25) is 0 Å². The lowest BCUT2D eigenvalue weighted by atomic mass is 10.0. The van der Waals surface area contributed by atoms with Crippen molar-refractivity contribution in [3.05, 3.63) is 53.9 Å². The molecule has 1 aromatic carbocycles. The lowest BCUT2D eigenvalue weighted by Crippen LogP contribution is -2.00. The first kappa shape index (κ1) is 12.1. The molecule has 4 heteroatoms. The number of aromatic nitrogens is 2. The smallest absolute Gasteiger partial charge is 0.178 e. The molecule has 3 aromatic rings. The van der Waals surface area contributed by atoms with Gasteiger partial charge in [-0.15, -0.1) is 0 Å². The van der Waals surface area contributed by atoms with Gasteiger partial charge in [0.15, 0.2) is 5.78 Å². The van der Waals surface area contributed by atoms with Crippen molar-refractivity contribution in [2.75, 3.05) is 6.61 Å². The minimum Gasteiger partial charge on any atom is -0.492 e. The Morgan fingerprint density at radius 1 is 1.24 bits per heavy atom. The molecule has 0 spiro atoms. The van der Waals surface area contributed by atoms with Crippen molar-refractivity contribution in [3.8, 4) is 16.9 Å². The van der Waals surface area contributed by atoms with Crippen LogP contribution in [0, 0.1) is 0 Å². The van der Waals surface area contributed by atoms with Gasteiger partial charge in [0.05, 0.1) is 12.1 Å². The largest absolute Gasteiger partial charge is 0.492 e. The second-order valence-electron chi connectivity index (χ2n) is 5.21. The molecular formula is C17H14N2O2. The highest BCUT2D eigenvalue weighted by atomic mass is 16.5. The van der Waals surface area contributed by atoms with Crippen LogP contribution < -0.4 is 4.74 Å². The first-order valence-electron chi connectivity index (χ1n) is 6.98. The molecular weight excluding hydrogens is 264 g/mol. The molecule has 0 atom stereocenters. The van der Waals surface area contributed by atoms with E-state index in [1.54, 1.807) is 17.6 Å². The van der Waals surface area contributed by atoms with E-state index in [1.165, 1.54) is 5.56 Å². The van der Waals surface area contributed by atoms with Crippen LogP contribution in [0.4, 0.5) is 0 Å². The van der Waals surface area contributed by atoms with Crippen LogP contribution >= 0.6 is 0 Å². The monoisotopic (exact) mass is 278 g/mol. The first-order valence-corrected chi connectivity index (χ1v) is 6.98. The number of hydrogen-bond donors (Lipinski definition) is 0. The number of Topliss-reactive ketones (excluding diaryl/α,β-unsaturated/α-hetero) is 1. The highest BCUT2D eigenvalue weighted by Gasteiger charge is 2.21. The summed E-state index contributed by atoms with van der Waals surface area (Å²) in [7, 11) is 0. The normalized spacial score (nSPS) is 13.2. The second kappa shape index (κ2) is 4.45. The zero-order valence-electron chi connectivity index (χ0n) is 11.7. The summed E-state index contributed by atoms with van der Waals surface area (Å²) in [5.41, 5.74) is 4.76. The van der Waals surface area contributed by atoms with Gasteiger partial charge in [0.1, 0.15) is 11.4 Å². The van der Waals surface area contributed by atoms with Crippen molar-refractivity contribution in [1.29, 1.82) is 0 Å². The van der Waals surface area contributed by atoms with Gasteiger partial charge in [-0.25, -0.2) is 4.52 Å². The second-order valence-corrected chi connectivity index (χ2v) is 5.21. The molecule has 0 amide bonds. The molecule has 1 aliphatic rings. The van der Waals surface area contributed by atoms with E-state index in [1.807, 2.05) is 30.3 Å². The van der Waals surface area contributed by atoms with Crippen molar-refractivity contribution >= 4 is 11.3 Å². The number of benzene rings is 1. The lowest BCUT2D eigenvalue weighted by molar-refractivity contribution is 0.101. The first-order chi connectivity index (χ1) is 10.3. The molecule has 2 aromatic heterocycles. The van der Waals surface area contributed by atoms with E-state index in [2.05, 4.69) is 11.2 Å². The van der Waals surface area contributed by atoms with Crippen LogP contribution in [0.1, 0.15) is 23.0 Å². The van der Waals surface area contributed by atoms with Gasteiger partial charge in [-0.1, -0.05) is 18.2 Å². The van der Waals surface area contributed by atoms with Crippen molar-refractivity contribution < 1.29 is 9.53 Å². The van der Waals surface area contributed by atoms with Crippen LogP contribution in [0.15, 0.2) is 42.6 Å². The molecule has 4 nitrogen and oxygen atoms in total. The van der Waals surface area contributed by atoms with Crippen molar-refractivity contribution in [2.45, 2.75) is 13.3 Å². The van der Waals surface area contributed by atoms with Crippen molar-refractivity contribution in [2.24, 2.45) is 0 Å². The predicted octanol–water partition coefficient (Wildman–Crippen LogP) is 3.14. The van der Waals surface area contributed by atoms with Crippen LogP contribution in [-0.2, 0) is 6.42 Å². The summed E-state index contributed by atoms with van der Waals surface area (Å²) in [6, 6.07) is 11.9. The Hall–Kier alpha value is -2.62. The van der Waals surface area contributed by atoms with E-state index in [0.29, 0.717) is 5.69 Å². The number of rotatable bonds is 2. The van der Waals surface area contributed by atoms with Gasteiger partial charge in [-0.3, -0.25) is 4.79 Å². The number of para-hydroxylation sites is 1. The minimum atomic E-state index is 0.00319. The highest BCUT2D eigenvalue weighted by molar-refractivity contribution is 5.98. The van der Waals surface area contributed by atoms with Crippen molar-refractivity contribution in [3.63, 3.8) is 0 Å². The fourth-order valence-corrected chi connectivity index (χ4v) is 2.93. The summed E-state index contributed by atoms with van der Waals surface area (Å²) >= 11 is 0. The van der Waals surface area contributed by atoms with E-state index >= 15 is 0 Å². The summed E-state index contributed by atoms with van der Waals surface area (Å²) in [6.45, 7) is 2.28. The molecule has 0 N–H and O–H groups in total. The SMILES string of the molecule is CC(=O)c1cc(-c2cccc3c2OCC3)c2cccnn12. The Balaban J connectivity index is 2.04. The van der Waals surface area contributed by atoms with Crippen LogP contribution in [0.25, 0.3) is 16.6 Å². The fraction of sp³-hybridized carbons (Fsp3) is 0.176. The maximum Gasteiger partial charge on any atom is 0.178 e. The Morgan fingerprint density at radius 2 is 2.14 bits per heavy atom. The third-order valence-electron chi connectivity index (χ3n) is 3.90. The van der Waals surface area contributed by atoms with Gasteiger partial charge < -0.3 is 4.74 Å². The quantitative estimate of drug-likeness (QED) is 0.676. The number of hydrogen-bond acceptors (Lipinski definition) is 3. The Morgan fingerprint density at radius 3 is 3.00 bits per heavy atom. The maximum atomic E-state index is 11.8.